The van der Waals surface area contributed by atoms with Crippen molar-refractivity contribution in [3.8, 4) is 0 Å². The number of alkyl halides is 3. The third-order valence-corrected chi connectivity index (χ3v) is 5.27. The van der Waals surface area contributed by atoms with Crippen molar-refractivity contribution in [2.24, 2.45) is 0 Å². The number of hydrogen-bond acceptors (Lipinski definition) is 6. The first-order valence-electron chi connectivity index (χ1n) is 10.2. The van der Waals surface area contributed by atoms with Gasteiger partial charge in [0.25, 0.3) is 5.91 Å². The fourth-order valence-corrected chi connectivity index (χ4v) is 3.47. The summed E-state index contributed by atoms with van der Waals surface area (Å²) < 4.78 is 43.3. The summed E-state index contributed by atoms with van der Waals surface area (Å²) >= 11 is 0. The van der Waals surface area contributed by atoms with Gasteiger partial charge in [-0.25, -0.2) is 9.78 Å². The summed E-state index contributed by atoms with van der Waals surface area (Å²) in [4.78, 5) is 31.6. The maximum atomic E-state index is 12.9. The molecule has 1 saturated heterocycles. The summed E-state index contributed by atoms with van der Waals surface area (Å²) in [7, 11) is 1.26. The number of nitrogens with one attached hydrogen (secondary N) is 1. The molecule has 0 aliphatic carbocycles. The molecule has 3 rings (SSSR count). The predicted octanol–water partition coefficient (Wildman–Crippen LogP) is 2.83. The zero-order valence-electron chi connectivity index (χ0n) is 17.7. The Balaban J connectivity index is 1.38. The third-order valence-electron chi connectivity index (χ3n) is 5.27. The lowest BCUT2D eigenvalue weighted by Crippen LogP contribution is -2.47. The van der Waals surface area contributed by atoms with Crippen molar-refractivity contribution in [1.82, 2.24) is 15.2 Å². The lowest BCUT2D eigenvalue weighted by atomic mass is 10.1. The summed E-state index contributed by atoms with van der Waals surface area (Å²) in [6.45, 7) is 4.02. The highest BCUT2D eigenvalue weighted by molar-refractivity contribution is 5.95. The highest BCUT2D eigenvalue weighted by atomic mass is 19.4. The van der Waals surface area contributed by atoms with E-state index in [1.54, 1.807) is 6.07 Å². The maximum absolute atomic E-state index is 12.9. The van der Waals surface area contributed by atoms with Gasteiger partial charge in [0.2, 0.25) is 0 Å². The largest absolute Gasteiger partial charge is 0.464 e. The first-order chi connectivity index (χ1) is 15.3. The Morgan fingerprint density at radius 1 is 1.12 bits per heavy atom. The molecule has 1 aliphatic heterocycles. The van der Waals surface area contributed by atoms with Gasteiger partial charge in [0, 0.05) is 44.6 Å². The van der Waals surface area contributed by atoms with Crippen molar-refractivity contribution in [2.45, 2.75) is 12.6 Å². The number of nitrogens with zero attached hydrogens (tertiary/aromatic N) is 3. The first kappa shape index (κ1) is 23.5. The lowest BCUT2D eigenvalue weighted by Gasteiger charge is -2.36. The number of hydrogen-bond donors (Lipinski definition) is 1. The molecule has 1 N–H and O–H groups in total. The maximum Gasteiger partial charge on any atom is 0.416 e. The molecule has 2 heterocycles. The Kier molecular flexibility index (Phi) is 7.68. The summed E-state index contributed by atoms with van der Waals surface area (Å²) in [6, 6.07) is 8.36. The van der Waals surface area contributed by atoms with Crippen LogP contribution < -0.4 is 10.2 Å². The van der Waals surface area contributed by atoms with Crippen molar-refractivity contribution >= 4 is 17.6 Å². The number of piperazine rings is 1. The van der Waals surface area contributed by atoms with Crippen LogP contribution in [0.4, 0.5) is 18.9 Å². The number of methoxy groups -OCH3 is 1. The molecule has 2 aromatic rings. The first-order valence-corrected chi connectivity index (χ1v) is 10.2. The van der Waals surface area contributed by atoms with E-state index in [4.69, 9.17) is 0 Å². The molecule has 1 fully saturated rings. The Bertz CT molecular complexity index is 927. The second-order valence-corrected chi connectivity index (χ2v) is 7.41. The van der Waals surface area contributed by atoms with Crippen molar-refractivity contribution in [3.63, 3.8) is 0 Å². The Morgan fingerprint density at radius 2 is 1.88 bits per heavy atom. The number of halogens is 3. The highest BCUT2D eigenvalue weighted by Crippen LogP contribution is 2.31. The molecule has 7 nitrogen and oxygen atoms in total. The zero-order chi connectivity index (χ0) is 23.1. The minimum Gasteiger partial charge on any atom is -0.464 e. The molecule has 0 unspecified atom stereocenters. The fraction of sp³-hybridized carbons (Fsp3) is 0.409. The van der Waals surface area contributed by atoms with Crippen LogP contribution >= 0.6 is 0 Å². The fourth-order valence-electron chi connectivity index (χ4n) is 3.47. The minimum absolute atomic E-state index is 0.133. The molecular weight excluding hydrogens is 425 g/mol. The van der Waals surface area contributed by atoms with Crippen LogP contribution in [0, 0.1) is 0 Å². The molecule has 1 aliphatic rings. The van der Waals surface area contributed by atoms with E-state index < -0.39 is 17.7 Å². The standard InChI is InChI=1S/C22H25F3N4O3/c1-32-21(31)19-7-6-16(15-27-19)20(30)26-8-3-9-28-10-12-29(13-11-28)18-5-2-4-17(14-18)22(23,24)25/h2,4-7,14-15H,3,8-13H2,1H3,(H,26,30). The van der Waals surface area contributed by atoms with Crippen LogP contribution in [0.2, 0.25) is 0 Å². The quantitative estimate of drug-likeness (QED) is 0.517. The van der Waals surface area contributed by atoms with Crippen molar-refractivity contribution in [2.75, 3.05) is 51.3 Å². The van der Waals surface area contributed by atoms with Gasteiger partial charge in [-0.3, -0.25) is 9.69 Å². The number of rotatable bonds is 7. The van der Waals surface area contributed by atoms with Crippen molar-refractivity contribution in [1.29, 1.82) is 0 Å². The van der Waals surface area contributed by atoms with Gasteiger partial charge in [0.1, 0.15) is 5.69 Å². The number of pyridine rings is 1. The van der Waals surface area contributed by atoms with Gasteiger partial charge >= 0.3 is 12.1 Å². The molecule has 1 amide bonds. The monoisotopic (exact) mass is 450 g/mol. The van der Waals surface area contributed by atoms with Crippen molar-refractivity contribution in [3.05, 3.63) is 59.4 Å². The van der Waals surface area contributed by atoms with E-state index in [0.29, 0.717) is 30.9 Å². The highest BCUT2D eigenvalue weighted by Gasteiger charge is 2.31. The van der Waals surface area contributed by atoms with Crippen LogP contribution in [0.15, 0.2) is 42.6 Å². The summed E-state index contributed by atoms with van der Waals surface area (Å²) in [5, 5.41) is 2.82. The second-order valence-electron chi connectivity index (χ2n) is 7.41. The Hall–Kier alpha value is -3.14. The summed E-state index contributed by atoms with van der Waals surface area (Å²) in [6.07, 6.45) is -2.28. The van der Waals surface area contributed by atoms with Gasteiger partial charge in [-0.1, -0.05) is 6.07 Å². The Morgan fingerprint density at radius 3 is 2.50 bits per heavy atom. The third kappa shape index (κ3) is 6.19. The molecule has 10 heteroatoms. The number of ether oxygens (including phenoxy) is 1. The molecule has 0 radical (unpaired) electrons. The average Bonchev–Trinajstić information content (AvgIpc) is 2.81. The van der Waals surface area contributed by atoms with Gasteiger partial charge in [-0.2, -0.15) is 13.2 Å². The predicted molar refractivity (Wildman–Crippen MR) is 113 cm³/mol. The van der Waals surface area contributed by atoms with E-state index in [-0.39, 0.29) is 11.6 Å². The summed E-state index contributed by atoms with van der Waals surface area (Å²) in [5.74, 6) is -0.839. The number of aromatic nitrogens is 1. The van der Waals surface area contributed by atoms with Crippen LogP contribution in [0.5, 0.6) is 0 Å². The minimum atomic E-state index is -4.35. The van der Waals surface area contributed by atoms with Crippen LogP contribution in [0.3, 0.4) is 0 Å². The van der Waals surface area contributed by atoms with E-state index in [1.165, 1.54) is 37.6 Å². The SMILES string of the molecule is COC(=O)c1ccc(C(=O)NCCCN2CCN(c3cccc(C(F)(F)F)c3)CC2)cn1. The molecule has 1 aromatic carbocycles. The normalized spacial score (nSPS) is 14.8. The van der Waals surface area contributed by atoms with E-state index in [9.17, 15) is 22.8 Å². The number of esters is 1. The van der Waals surface area contributed by atoms with Crippen LogP contribution in [0.25, 0.3) is 0 Å². The van der Waals surface area contributed by atoms with Gasteiger partial charge in [0.15, 0.2) is 0 Å². The van der Waals surface area contributed by atoms with E-state index in [0.717, 1.165) is 32.1 Å². The van der Waals surface area contributed by atoms with Gasteiger partial charge in [-0.05, 0) is 43.3 Å². The average molecular weight is 450 g/mol. The van der Waals surface area contributed by atoms with E-state index in [1.807, 2.05) is 4.90 Å². The molecule has 0 atom stereocenters. The van der Waals surface area contributed by atoms with Gasteiger partial charge in [-0.15, -0.1) is 0 Å². The van der Waals surface area contributed by atoms with E-state index in [2.05, 4.69) is 19.9 Å². The van der Waals surface area contributed by atoms with Crippen LogP contribution in [-0.4, -0.2) is 68.1 Å². The number of anilines is 1. The van der Waals surface area contributed by atoms with Crippen LogP contribution in [0.1, 0.15) is 32.8 Å². The molecule has 32 heavy (non-hydrogen) atoms. The molecule has 172 valence electrons. The molecular formula is C22H25F3N4O3. The number of carbonyl (C=O) groups excluding carboxylic acids is 2. The zero-order valence-corrected chi connectivity index (χ0v) is 17.7. The lowest BCUT2D eigenvalue weighted by molar-refractivity contribution is -0.137. The Labute approximate surface area is 184 Å². The van der Waals surface area contributed by atoms with Crippen LogP contribution in [-0.2, 0) is 10.9 Å². The summed E-state index contributed by atoms with van der Waals surface area (Å²) in [5.41, 5.74) is 0.433. The smallest absolute Gasteiger partial charge is 0.416 e. The van der Waals surface area contributed by atoms with Crippen molar-refractivity contribution < 1.29 is 27.5 Å². The molecule has 1 aromatic heterocycles. The van der Waals surface area contributed by atoms with Gasteiger partial charge in [0.05, 0.1) is 18.2 Å². The van der Waals surface area contributed by atoms with E-state index >= 15 is 0 Å². The molecule has 0 bridgehead atoms. The number of amides is 1. The molecule has 0 spiro atoms. The number of benzene rings is 1. The van der Waals surface area contributed by atoms with Gasteiger partial charge < -0.3 is 15.0 Å². The topological polar surface area (TPSA) is 74.8 Å². The number of carbonyl (C=O) groups is 2. The molecule has 0 saturated carbocycles. The second kappa shape index (κ2) is 10.4.